The van der Waals surface area contributed by atoms with Crippen molar-refractivity contribution in [3.8, 4) is 16.9 Å². The molecule has 4 rings (SSSR count). The highest BCUT2D eigenvalue weighted by molar-refractivity contribution is 7.94. The monoisotopic (exact) mass is 529 g/mol. The predicted octanol–water partition coefficient (Wildman–Crippen LogP) is 6.10. The third-order valence-electron chi connectivity index (χ3n) is 5.99. The molecule has 1 unspecified atom stereocenters. The second kappa shape index (κ2) is 9.88. The Kier molecular flexibility index (Phi) is 7.19. The van der Waals surface area contributed by atoms with Crippen molar-refractivity contribution in [2.45, 2.75) is 63.4 Å². The molecule has 2 aromatic carbocycles. The predicted molar refractivity (Wildman–Crippen MR) is 142 cm³/mol. The summed E-state index contributed by atoms with van der Waals surface area (Å²) in [6.45, 7) is 9.65. The molecule has 2 N–H and O–H groups in total. The molecule has 9 heteroatoms. The molecule has 1 aliphatic rings. The molecule has 36 heavy (non-hydrogen) atoms. The van der Waals surface area contributed by atoms with Gasteiger partial charge in [0.25, 0.3) is 10.0 Å². The Bertz CT molecular complexity index is 1390. The lowest BCUT2D eigenvalue weighted by atomic mass is 9.86. The molecular weight excluding hydrogens is 498 g/mol. The summed E-state index contributed by atoms with van der Waals surface area (Å²) in [6, 6.07) is 10.8. The highest BCUT2D eigenvalue weighted by atomic mass is 32.2. The van der Waals surface area contributed by atoms with Crippen LogP contribution in [-0.4, -0.2) is 31.7 Å². The molecule has 2 heterocycles. The van der Waals surface area contributed by atoms with E-state index >= 15 is 0 Å². The van der Waals surface area contributed by atoms with E-state index in [4.69, 9.17) is 9.47 Å². The van der Waals surface area contributed by atoms with Crippen molar-refractivity contribution in [3.05, 3.63) is 64.0 Å². The molecule has 0 saturated carbocycles. The summed E-state index contributed by atoms with van der Waals surface area (Å²) < 4.78 is 40.7. The molecule has 1 aromatic heterocycles. The minimum absolute atomic E-state index is 0.181. The fourth-order valence-corrected chi connectivity index (χ4v) is 6.58. The van der Waals surface area contributed by atoms with Gasteiger partial charge in [-0.3, -0.25) is 4.72 Å². The van der Waals surface area contributed by atoms with Crippen LogP contribution >= 0.6 is 11.3 Å². The molecule has 0 amide bonds. The molecule has 0 bridgehead atoms. The number of nitrogens with one attached hydrogen (secondary N) is 1. The number of fused-ring (bicyclic) bond motifs is 1. The summed E-state index contributed by atoms with van der Waals surface area (Å²) in [4.78, 5) is 12.6. The summed E-state index contributed by atoms with van der Waals surface area (Å²) >= 11 is 1.11. The lowest BCUT2D eigenvalue weighted by Gasteiger charge is -2.30. The number of aryl methyl sites for hydroxylation is 2. The Morgan fingerprint density at radius 3 is 2.58 bits per heavy atom. The second-order valence-electron chi connectivity index (χ2n) is 9.92. The number of carboxylic acid groups (broad SMARTS) is 1. The van der Waals surface area contributed by atoms with Gasteiger partial charge in [0, 0.05) is 5.56 Å². The highest BCUT2D eigenvalue weighted by Gasteiger charge is 2.33. The Labute approximate surface area is 216 Å². The first-order valence-electron chi connectivity index (χ1n) is 11.7. The van der Waals surface area contributed by atoms with Crippen LogP contribution in [0.1, 0.15) is 55.5 Å². The normalized spacial score (nSPS) is 14.6. The van der Waals surface area contributed by atoms with Crippen LogP contribution in [0.25, 0.3) is 11.1 Å². The number of carboxylic acids is 1. The number of thiophene rings is 1. The van der Waals surface area contributed by atoms with Gasteiger partial charge in [0.15, 0.2) is 6.10 Å². The SMILES string of the molecule is Cc1cc(NS(=O)(=O)c2cccs2)c(C)c(C(OC(C)(C)C)C(=O)O)c1-c1ccc2c(c1)CCCO2. The molecule has 0 fully saturated rings. The lowest BCUT2D eigenvalue weighted by molar-refractivity contribution is -0.160. The minimum Gasteiger partial charge on any atom is -0.493 e. The molecule has 1 aliphatic heterocycles. The number of hydrogen-bond donors (Lipinski definition) is 2. The van der Waals surface area contributed by atoms with Crippen LogP contribution in [-0.2, 0) is 26.0 Å². The van der Waals surface area contributed by atoms with E-state index in [1.54, 1.807) is 45.2 Å². The van der Waals surface area contributed by atoms with Gasteiger partial charge >= 0.3 is 5.97 Å². The van der Waals surface area contributed by atoms with Crippen molar-refractivity contribution < 1.29 is 27.8 Å². The van der Waals surface area contributed by atoms with Crippen LogP contribution in [0.15, 0.2) is 46.0 Å². The number of rotatable bonds is 7. The van der Waals surface area contributed by atoms with Crippen molar-refractivity contribution in [1.82, 2.24) is 0 Å². The highest BCUT2D eigenvalue weighted by Crippen LogP contribution is 2.42. The molecule has 0 radical (unpaired) electrons. The van der Waals surface area contributed by atoms with Crippen molar-refractivity contribution in [1.29, 1.82) is 0 Å². The molecular formula is C27H31NO6S2. The van der Waals surface area contributed by atoms with Crippen LogP contribution in [0.5, 0.6) is 5.75 Å². The molecule has 3 aromatic rings. The standard InChI is InChI=1S/C27H31NO6S2/c1-16-14-20(28-36(31,32)22-9-7-13-35-22)17(2)24(25(26(29)30)34-27(3,4)5)23(16)19-10-11-21-18(15-19)8-6-12-33-21/h7,9-11,13-15,25,28H,6,8,12H2,1-5H3,(H,29,30). The maximum absolute atomic E-state index is 13.0. The van der Waals surface area contributed by atoms with Crippen LogP contribution in [0, 0.1) is 13.8 Å². The van der Waals surface area contributed by atoms with E-state index < -0.39 is 27.7 Å². The number of carbonyl (C=O) groups is 1. The van der Waals surface area contributed by atoms with Gasteiger partial charge < -0.3 is 14.6 Å². The van der Waals surface area contributed by atoms with Gasteiger partial charge in [-0.15, -0.1) is 11.3 Å². The number of hydrogen-bond acceptors (Lipinski definition) is 6. The van der Waals surface area contributed by atoms with E-state index in [2.05, 4.69) is 4.72 Å². The summed E-state index contributed by atoms with van der Waals surface area (Å²) in [5.74, 6) is -0.310. The second-order valence-corrected chi connectivity index (χ2v) is 12.8. The van der Waals surface area contributed by atoms with Gasteiger partial charge in [-0.2, -0.15) is 0 Å². The van der Waals surface area contributed by atoms with E-state index in [1.807, 2.05) is 25.1 Å². The smallest absolute Gasteiger partial charge is 0.337 e. The molecule has 1 atom stereocenters. The molecule has 0 saturated heterocycles. The number of benzene rings is 2. The van der Waals surface area contributed by atoms with E-state index in [9.17, 15) is 18.3 Å². The van der Waals surface area contributed by atoms with Gasteiger partial charge in [0.2, 0.25) is 0 Å². The Balaban J connectivity index is 1.94. The fourth-order valence-electron chi connectivity index (χ4n) is 4.47. The zero-order valence-corrected chi connectivity index (χ0v) is 22.7. The summed E-state index contributed by atoms with van der Waals surface area (Å²) in [5, 5.41) is 12.0. The van der Waals surface area contributed by atoms with Gasteiger partial charge in [-0.1, -0.05) is 12.1 Å². The zero-order valence-electron chi connectivity index (χ0n) is 21.0. The molecule has 0 spiro atoms. The number of sulfonamides is 1. The first-order chi connectivity index (χ1) is 16.9. The molecule has 192 valence electrons. The van der Waals surface area contributed by atoms with E-state index in [1.165, 1.54) is 6.07 Å². The quantitative estimate of drug-likeness (QED) is 0.384. The van der Waals surface area contributed by atoms with Crippen LogP contribution in [0.3, 0.4) is 0 Å². The maximum Gasteiger partial charge on any atom is 0.337 e. The van der Waals surface area contributed by atoms with Crippen molar-refractivity contribution in [3.63, 3.8) is 0 Å². The van der Waals surface area contributed by atoms with E-state index in [0.29, 0.717) is 23.4 Å². The first kappa shape index (κ1) is 26.2. The van der Waals surface area contributed by atoms with E-state index in [0.717, 1.165) is 52.2 Å². The average molecular weight is 530 g/mol. The van der Waals surface area contributed by atoms with Crippen molar-refractivity contribution in [2.75, 3.05) is 11.3 Å². The fraction of sp³-hybridized carbons (Fsp3) is 0.370. The van der Waals surface area contributed by atoms with E-state index in [-0.39, 0.29) is 4.21 Å². The van der Waals surface area contributed by atoms with Gasteiger partial charge in [0.05, 0.1) is 17.9 Å². The molecule has 7 nitrogen and oxygen atoms in total. The topological polar surface area (TPSA) is 102 Å². The Morgan fingerprint density at radius 2 is 1.94 bits per heavy atom. The summed E-state index contributed by atoms with van der Waals surface area (Å²) in [5.41, 5.74) is 3.86. The third-order valence-corrected chi connectivity index (χ3v) is 8.75. The number of ether oxygens (including phenoxy) is 2. The third kappa shape index (κ3) is 5.43. The minimum atomic E-state index is -3.83. The van der Waals surface area contributed by atoms with Crippen LogP contribution in [0.4, 0.5) is 5.69 Å². The lowest BCUT2D eigenvalue weighted by Crippen LogP contribution is -2.28. The maximum atomic E-state index is 13.0. The first-order valence-corrected chi connectivity index (χ1v) is 14.1. The van der Waals surface area contributed by atoms with Crippen molar-refractivity contribution >= 4 is 33.0 Å². The number of aliphatic carboxylic acids is 1. The number of anilines is 1. The largest absolute Gasteiger partial charge is 0.493 e. The average Bonchev–Trinajstić information content (AvgIpc) is 3.35. The van der Waals surface area contributed by atoms with Crippen molar-refractivity contribution in [2.24, 2.45) is 0 Å². The summed E-state index contributed by atoms with van der Waals surface area (Å²) in [7, 11) is -3.83. The molecule has 0 aliphatic carbocycles. The Morgan fingerprint density at radius 1 is 1.19 bits per heavy atom. The van der Waals surface area contributed by atoms with Gasteiger partial charge in [-0.25, -0.2) is 13.2 Å². The van der Waals surface area contributed by atoms with Crippen LogP contribution < -0.4 is 9.46 Å². The van der Waals surface area contributed by atoms with Crippen LogP contribution in [0.2, 0.25) is 0 Å². The Hall–Kier alpha value is -2.88. The van der Waals surface area contributed by atoms with Gasteiger partial charge in [-0.05, 0) is 105 Å². The van der Waals surface area contributed by atoms with Gasteiger partial charge in [0.1, 0.15) is 9.96 Å². The summed E-state index contributed by atoms with van der Waals surface area (Å²) in [6.07, 6.45) is 0.475. The zero-order chi connectivity index (χ0) is 26.3.